The fourth-order valence-electron chi connectivity index (χ4n) is 1.47. The van der Waals surface area contributed by atoms with E-state index in [1.807, 2.05) is 13.8 Å². The van der Waals surface area contributed by atoms with Crippen molar-refractivity contribution in [2.45, 2.75) is 43.8 Å². The Bertz CT molecular complexity index is 196. The molecule has 1 aliphatic heterocycles. The van der Waals surface area contributed by atoms with Crippen LogP contribution >= 0.6 is 11.8 Å². The standard InChI is InChI=1S/C10H18O3S/c1-4-12-10(11)8(3)14-9-5-6-13-7(9)2/h7-9H,4-6H2,1-3H3. The number of thioether (sulfide) groups is 1. The molecular formula is C10H18O3S. The minimum Gasteiger partial charge on any atom is -0.465 e. The number of carbonyl (C=O) groups excluding carboxylic acids is 1. The molecule has 82 valence electrons. The number of rotatable bonds is 4. The van der Waals surface area contributed by atoms with Crippen molar-refractivity contribution in [1.29, 1.82) is 0 Å². The van der Waals surface area contributed by atoms with Gasteiger partial charge in [0, 0.05) is 11.9 Å². The topological polar surface area (TPSA) is 35.5 Å². The first-order valence-electron chi connectivity index (χ1n) is 5.08. The van der Waals surface area contributed by atoms with Crippen molar-refractivity contribution in [3.8, 4) is 0 Å². The Hall–Kier alpha value is -0.220. The van der Waals surface area contributed by atoms with Gasteiger partial charge in [-0.05, 0) is 27.2 Å². The van der Waals surface area contributed by atoms with Gasteiger partial charge in [-0.1, -0.05) is 0 Å². The summed E-state index contributed by atoms with van der Waals surface area (Å²) in [6.07, 6.45) is 1.30. The molecule has 1 rings (SSSR count). The first-order chi connectivity index (χ1) is 6.65. The maximum Gasteiger partial charge on any atom is 0.318 e. The fourth-order valence-corrected chi connectivity index (χ4v) is 2.70. The van der Waals surface area contributed by atoms with E-state index in [2.05, 4.69) is 6.92 Å². The Balaban J connectivity index is 2.32. The van der Waals surface area contributed by atoms with Crippen LogP contribution < -0.4 is 0 Å². The summed E-state index contributed by atoms with van der Waals surface area (Å²) in [5, 5.41) is 0.360. The summed E-state index contributed by atoms with van der Waals surface area (Å²) >= 11 is 1.66. The molecule has 0 spiro atoms. The highest BCUT2D eigenvalue weighted by Crippen LogP contribution is 2.29. The molecule has 3 atom stereocenters. The van der Waals surface area contributed by atoms with Gasteiger partial charge in [0.1, 0.15) is 0 Å². The van der Waals surface area contributed by atoms with E-state index in [0.717, 1.165) is 13.0 Å². The van der Waals surface area contributed by atoms with Crippen LogP contribution in [0, 0.1) is 0 Å². The average molecular weight is 218 g/mol. The molecule has 0 aliphatic carbocycles. The van der Waals surface area contributed by atoms with Crippen LogP contribution in [0.2, 0.25) is 0 Å². The van der Waals surface area contributed by atoms with Gasteiger partial charge in [0.25, 0.3) is 0 Å². The van der Waals surface area contributed by atoms with Crippen molar-refractivity contribution >= 4 is 17.7 Å². The van der Waals surface area contributed by atoms with Gasteiger partial charge >= 0.3 is 5.97 Å². The number of hydrogen-bond donors (Lipinski definition) is 0. The second-order valence-electron chi connectivity index (χ2n) is 3.43. The predicted octanol–water partition coefficient (Wildman–Crippen LogP) is 1.85. The molecule has 0 N–H and O–H groups in total. The Labute approximate surface area is 89.5 Å². The Morgan fingerprint density at radius 3 is 2.93 bits per heavy atom. The molecule has 0 aromatic carbocycles. The highest BCUT2D eigenvalue weighted by Gasteiger charge is 2.28. The third-order valence-electron chi connectivity index (χ3n) is 2.30. The molecule has 0 saturated carbocycles. The van der Waals surface area contributed by atoms with E-state index >= 15 is 0 Å². The molecule has 0 radical (unpaired) electrons. The number of carbonyl (C=O) groups is 1. The van der Waals surface area contributed by atoms with E-state index in [9.17, 15) is 4.79 Å². The van der Waals surface area contributed by atoms with Gasteiger partial charge in [0.15, 0.2) is 0 Å². The average Bonchev–Trinajstić information content (AvgIpc) is 2.52. The van der Waals surface area contributed by atoms with Gasteiger partial charge in [0.2, 0.25) is 0 Å². The van der Waals surface area contributed by atoms with Crippen LogP contribution in [0.4, 0.5) is 0 Å². The van der Waals surface area contributed by atoms with Gasteiger partial charge in [0.05, 0.1) is 18.0 Å². The van der Waals surface area contributed by atoms with Crippen LogP contribution in [0.1, 0.15) is 27.2 Å². The van der Waals surface area contributed by atoms with Crippen molar-refractivity contribution in [2.24, 2.45) is 0 Å². The van der Waals surface area contributed by atoms with Crippen LogP contribution in [0.15, 0.2) is 0 Å². The summed E-state index contributed by atoms with van der Waals surface area (Å²) in [5.74, 6) is -0.114. The van der Waals surface area contributed by atoms with Crippen molar-refractivity contribution in [3.05, 3.63) is 0 Å². The first-order valence-corrected chi connectivity index (χ1v) is 6.03. The monoisotopic (exact) mass is 218 g/mol. The molecule has 0 bridgehead atoms. The normalized spacial score (nSPS) is 28.8. The van der Waals surface area contributed by atoms with Crippen LogP contribution in [0.3, 0.4) is 0 Å². The lowest BCUT2D eigenvalue weighted by atomic mass is 10.3. The second kappa shape index (κ2) is 5.61. The molecule has 1 aliphatic rings. The molecule has 3 nitrogen and oxygen atoms in total. The number of esters is 1. The molecule has 14 heavy (non-hydrogen) atoms. The number of ether oxygens (including phenoxy) is 2. The van der Waals surface area contributed by atoms with Crippen LogP contribution in [-0.2, 0) is 14.3 Å². The minimum absolute atomic E-state index is 0.0795. The molecule has 0 aromatic rings. The Morgan fingerprint density at radius 1 is 1.71 bits per heavy atom. The zero-order valence-electron chi connectivity index (χ0n) is 8.99. The predicted molar refractivity (Wildman–Crippen MR) is 57.5 cm³/mol. The highest BCUT2D eigenvalue weighted by atomic mass is 32.2. The highest BCUT2D eigenvalue weighted by molar-refractivity contribution is 8.01. The Kier molecular flexibility index (Phi) is 4.75. The molecule has 4 heteroatoms. The van der Waals surface area contributed by atoms with E-state index in [-0.39, 0.29) is 17.3 Å². The molecule has 3 unspecified atom stereocenters. The molecular weight excluding hydrogens is 200 g/mol. The van der Waals surface area contributed by atoms with E-state index < -0.39 is 0 Å². The summed E-state index contributed by atoms with van der Waals surface area (Å²) in [5.41, 5.74) is 0. The molecule has 1 fully saturated rings. The van der Waals surface area contributed by atoms with Crippen molar-refractivity contribution in [2.75, 3.05) is 13.2 Å². The van der Waals surface area contributed by atoms with Gasteiger partial charge < -0.3 is 9.47 Å². The van der Waals surface area contributed by atoms with E-state index in [1.54, 1.807) is 11.8 Å². The summed E-state index contributed by atoms with van der Waals surface area (Å²) in [4.78, 5) is 11.4. The van der Waals surface area contributed by atoms with Crippen LogP contribution in [-0.4, -0.2) is 35.8 Å². The fraction of sp³-hybridized carbons (Fsp3) is 0.900. The van der Waals surface area contributed by atoms with Crippen molar-refractivity contribution < 1.29 is 14.3 Å². The van der Waals surface area contributed by atoms with E-state index in [1.165, 1.54) is 0 Å². The van der Waals surface area contributed by atoms with Gasteiger partial charge in [-0.2, -0.15) is 0 Å². The quantitative estimate of drug-likeness (QED) is 0.675. The lowest BCUT2D eigenvalue weighted by Crippen LogP contribution is -2.23. The summed E-state index contributed by atoms with van der Waals surface area (Å²) in [6, 6.07) is 0. The molecule has 1 heterocycles. The molecule has 1 saturated heterocycles. The van der Waals surface area contributed by atoms with Crippen LogP contribution in [0.25, 0.3) is 0 Å². The largest absolute Gasteiger partial charge is 0.465 e. The zero-order valence-corrected chi connectivity index (χ0v) is 9.80. The lowest BCUT2D eigenvalue weighted by Gasteiger charge is -2.17. The van der Waals surface area contributed by atoms with Gasteiger partial charge in [-0.15, -0.1) is 11.8 Å². The molecule has 0 aromatic heterocycles. The lowest BCUT2D eigenvalue weighted by molar-refractivity contribution is -0.142. The zero-order chi connectivity index (χ0) is 10.6. The van der Waals surface area contributed by atoms with E-state index in [0.29, 0.717) is 11.9 Å². The number of hydrogen-bond acceptors (Lipinski definition) is 4. The summed E-state index contributed by atoms with van der Waals surface area (Å²) in [6.45, 7) is 7.06. The smallest absolute Gasteiger partial charge is 0.318 e. The second-order valence-corrected chi connectivity index (χ2v) is 5.02. The van der Waals surface area contributed by atoms with Gasteiger partial charge in [-0.25, -0.2) is 0 Å². The maximum absolute atomic E-state index is 11.4. The van der Waals surface area contributed by atoms with E-state index in [4.69, 9.17) is 9.47 Å². The summed E-state index contributed by atoms with van der Waals surface area (Å²) in [7, 11) is 0. The summed E-state index contributed by atoms with van der Waals surface area (Å²) < 4.78 is 10.4. The minimum atomic E-state index is -0.114. The Morgan fingerprint density at radius 2 is 2.43 bits per heavy atom. The third kappa shape index (κ3) is 3.17. The molecule has 0 amide bonds. The van der Waals surface area contributed by atoms with Crippen molar-refractivity contribution in [3.63, 3.8) is 0 Å². The maximum atomic E-state index is 11.4. The SMILES string of the molecule is CCOC(=O)C(C)SC1CCOC1C. The van der Waals surface area contributed by atoms with Gasteiger partial charge in [-0.3, -0.25) is 4.79 Å². The third-order valence-corrected chi connectivity index (χ3v) is 3.87. The van der Waals surface area contributed by atoms with Crippen LogP contribution in [0.5, 0.6) is 0 Å². The van der Waals surface area contributed by atoms with Crippen molar-refractivity contribution in [1.82, 2.24) is 0 Å². The first kappa shape index (κ1) is 11.9.